The lowest BCUT2D eigenvalue weighted by Crippen LogP contribution is -2.42. The van der Waals surface area contributed by atoms with Crippen LogP contribution in [0.15, 0.2) is 24.3 Å². The molecule has 2 rings (SSSR count). The minimum absolute atomic E-state index is 0.388. The van der Waals surface area contributed by atoms with Crippen molar-refractivity contribution in [3.8, 4) is 5.75 Å². The molecule has 0 bridgehead atoms. The van der Waals surface area contributed by atoms with Gasteiger partial charge in [-0.25, -0.2) is 0 Å². The summed E-state index contributed by atoms with van der Waals surface area (Å²) in [6, 6.07) is 9.21. The van der Waals surface area contributed by atoms with Gasteiger partial charge in [0.1, 0.15) is 12.4 Å². The summed E-state index contributed by atoms with van der Waals surface area (Å²) in [5.74, 6) is 0.958. The first-order valence-electron chi connectivity index (χ1n) is 6.95. The van der Waals surface area contributed by atoms with Gasteiger partial charge in [-0.15, -0.1) is 0 Å². The maximum absolute atomic E-state index is 5.79. The molecule has 2 atom stereocenters. The second kappa shape index (κ2) is 5.31. The van der Waals surface area contributed by atoms with E-state index in [1.165, 1.54) is 18.4 Å². The van der Waals surface area contributed by atoms with Crippen molar-refractivity contribution >= 4 is 0 Å². The van der Waals surface area contributed by atoms with Gasteiger partial charge in [0.2, 0.25) is 0 Å². The lowest BCUT2D eigenvalue weighted by Gasteiger charge is -2.25. The molecule has 2 heteroatoms. The molecule has 1 aliphatic rings. The lowest BCUT2D eigenvalue weighted by atomic mass is 10.0. The molecule has 0 amide bonds. The third-order valence-corrected chi connectivity index (χ3v) is 4.14. The molecule has 1 aromatic carbocycles. The zero-order valence-corrected chi connectivity index (χ0v) is 12.0. The Labute approximate surface area is 111 Å². The van der Waals surface area contributed by atoms with Crippen LogP contribution in [0.5, 0.6) is 5.75 Å². The fourth-order valence-electron chi connectivity index (χ4n) is 2.16. The Balaban J connectivity index is 1.74. The third kappa shape index (κ3) is 3.49. The summed E-state index contributed by atoms with van der Waals surface area (Å²) >= 11 is 0. The number of hydrogen-bond donors (Lipinski definition) is 1. The van der Waals surface area contributed by atoms with Gasteiger partial charge in [0.05, 0.1) is 0 Å². The molecular formula is C16H25NO. The zero-order valence-electron chi connectivity index (χ0n) is 12.0. The summed E-state index contributed by atoms with van der Waals surface area (Å²) in [6.45, 7) is 9.65. The molecule has 2 unspecified atom stereocenters. The third-order valence-electron chi connectivity index (χ3n) is 4.14. The maximum Gasteiger partial charge on any atom is 0.119 e. The average Bonchev–Trinajstić information content (AvgIpc) is 3.08. The monoisotopic (exact) mass is 247 g/mol. The van der Waals surface area contributed by atoms with E-state index in [2.05, 4.69) is 45.1 Å². The van der Waals surface area contributed by atoms with Crippen LogP contribution in [-0.2, 0) is 0 Å². The molecule has 0 saturated heterocycles. The first kappa shape index (κ1) is 13.4. The number of rotatable bonds is 6. The highest BCUT2D eigenvalue weighted by molar-refractivity contribution is 5.26. The molecule has 100 valence electrons. The number of aryl methyl sites for hydroxylation is 1. The summed E-state index contributed by atoms with van der Waals surface area (Å²) in [6.07, 6.45) is 2.71. The Morgan fingerprint density at radius 1 is 1.22 bits per heavy atom. The van der Waals surface area contributed by atoms with Gasteiger partial charge >= 0.3 is 0 Å². The van der Waals surface area contributed by atoms with Crippen molar-refractivity contribution in [2.45, 2.75) is 52.6 Å². The van der Waals surface area contributed by atoms with Crippen molar-refractivity contribution in [2.24, 2.45) is 5.41 Å². The Kier molecular flexibility index (Phi) is 3.96. The second-order valence-corrected chi connectivity index (χ2v) is 6.07. The van der Waals surface area contributed by atoms with Crippen LogP contribution >= 0.6 is 0 Å². The van der Waals surface area contributed by atoms with Gasteiger partial charge in [0, 0.05) is 12.1 Å². The van der Waals surface area contributed by atoms with Crippen molar-refractivity contribution < 1.29 is 4.74 Å². The SMILES string of the molecule is Cc1ccc(OCC(C)NC(C)C2(C)CC2)cc1. The fraction of sp³-hybridized carbons (Fsp3) is 0.625. The zero-order chi connectivity index (χ0) is 13.2. The highest BCUT2D eigenvalue weighted by Crippen LogP contribution is 2.48. The first-order chi connectivity index (χ1) is 8.49. The van der Waals surface area contributed by atoms with E-state index in [1.807, 2.05) is 12.1 Å². The van der Waals surface area contributed by atoms with Gasteiger partial charge in [-0.1, -0.05) is 24.6 Å². The number of hydrogen-bond acceptors (Lipinski definition) is 2. The summed E-state index contributed by atoms with van der Waals surface area (Å²) < 4.78 is 5.79. The Morgan fingerprint density at radius 3 is 2.39 bits per heavy atom. The quantitative estimate of drug-likeness (QED) is 0.830. The predicted octanol–water partition coefficient (Wildman–Crippen LogP) is 3.54. The van der Waals surface area contributed by atoms with Gasteiger partial charge in [-0.2, -0.15) is 0 Å². The summed E-state index contributed by atoms with van der Waals surface area (Å²) in [5.41, 5.74) is 1.79. The Hall–Kier alpha value is -1.02. The van der Waals surface area contributed by atoms with Crippen molar-refractivity contribution in [1.29, 1.82) is 0 Å². The highest BCUT2D eigenvalue weighted by Gasteiger charge is 2.42. The molecule has 1 aromatic rings. The van der Waals surface area contributed by atoms with E-state index < -0.39 is 0 Å². The first-order valence-corrected chi connectivity index (χ1v) is 6.95. The number of benzene rings is 1. The Bertz CT molecular complexity index is 381. The van der Waals surface area contributed by atoms with Crippen LogP contribution in [0.25, 0.3) is 0 Å². The number of ether oxygens (including phenoxy) is 1. The fourth-order valence-corrected chi connectivity index (χ4v) is 2.16. The lowest BCUT2D eigenvalue weighted by molar-refractivity contribution is 0.244. The van der Waals surface area contributed by atoms with E-state index in [0.29, 0.717) is 17.5 Å². The molecule has 1 fully saturated rings. The van der Waals surface area contributed by atoms with E-state index in [0.717, 1.165) is 12.4 Å². The van der Waals surface area contributed by atoms with Crippen LogP contribution in [0, 0.1) is 12.3 Å². The molecule has 18 heavy (non-hydrogen) atoms. The van der Waals surface area contributed by atoms with E-state index in [4.69, 9.17) is 4.74 Å². The van der Waals surface area contributed by atoms with E-state index in [9.17, 15) is 0 Å². The molecular weight excluding hydrogens is 222 g/mol. The van der Waals surface area contributed by atoms with Gasteiger partial charge < -0.3 is 10.1 Å². The molecule has 0 spiro atoms. The molecule has 0 heterocycles. The van der Waals surface area contributed by atoms with E-state index in [1.54, 1.807) is 0 Å². The van der Waals surface area contributed by atoms with Crippen LogP contribution in [0.4, 0.5) is 0 Å². The molecule has 1 N–H and O–H groups in total. The normalized spacial score (nSPS) is 20.2. The van der Waals surface area contributed by atoms with Crippen molar-refractivity contribution in [3.63, 3.8) is 0 Å². The predicted molar refractivity (Wildman–Crippen MR) is 76.1 cm³/mol. The van der Waals surface area contributed by atoms with Crippen molar-refractivity contribution in [2.75, 3.05) is 6.61 Å². The van der Waals surface area contributed by atoms with Crippen LogP contribution in [-0.4, -0.2) is 18.7 Å². The van der Waals surface area contributed by atoms with E-state index in [-0.39, 0.29) is 0 Å². The van der Waals surface area contributed by atoms with Gasteiger partial charge in [0.25, 0.3) is 0 Å². The topological polar surface area (TPSA) is 21.3 Å². The molecule has 0 aliphatic heterocycles. The van der Waals surface area contributed by atoms with Crippen LogP contribution in [0.1, 0.15) is 39.2 Å². The van der Waals surface area contributed by atoms with Crippen LogP contribution in [0.3, 0.4) is 0 Å². The highest BCUT2D eigenvalue weighted by atomic mass is 16.5. The molecule has 2 nitrogen and oxygen atoms in total. The van der Waals surface area contributed by atoms with Crippen molar-refractivity contribution in [3.05, 3.63) is 29.8 Å². The largest absolute Gasteiger partial charge is 0.492 e. The standard InChI is InChI=1S/C16H25NO/c1-12-5-7-15(8-6-12)18-11-13(2)17-14(3)16(4)9-10-16/h5-8,13-14,17H,9-11H2,1-4H3. The minimum Gasteiger partial charge on any atom is -0.492 e. The molecule has 0 radical (unpaired) electrons. The summed E-state index contributed by atoms with van der Waals surface area (Å²) in [5, 5.41) is 3.64. The Morgan fingerprint density at radius 2 is 1.83 bits per heavy atom. The van der Waals surface area contributed by atoms with E-state index >= 15 is 0 Å². The van der Waals surface area contributed by atoms with Crippen LogP contribution in [0.2, 0.25) is 0 Å². The summed E-state index contributed by atoms with van der Waals surface area (Å²) in [4.78, 5) is 0. The molecule has 0 aromatic heterocycles. The van der Waals surface area contributed by atoms with Crippen molar-refractivity contribution in [1.82, 2.24) is 5.32 Å². The molecule has 1 saturated carbocycles. The van der Waals surface area contributed by atoms with Gasteiger partial charge in [0.15, 0.2) is 0 Å². The molecule has 1 aliphatic carbocycles. The van der Waals surface area contributed by atoms with Crippen LogP contribution < -0.4 is 10.1 Å². The smallest absolute Gasteiger partial charge is 0.119 e. The second-order valence-electron chi connectivity index (χ2n) is 6.07. The maximum atomic E-state index is 5.79. The summed E-state index contributed by atoms with van der Waals surface area (Å²) in [7, 11) is 0. The average molecular weight is 247 g/mol. The van der Waals surface area contributed by atoms with Gasteiger partial charge in [-0.3, -0.25) is 0 Å². The minimum atomic E-state index is 0.388. The van der Waals surface area contributed by atoms with Gasteiger partial charge in [-0.05, 0) is 51.2 Å². The number of nitrogens with one attached hydrogen (secondary N) is 1.